The van der Waals surface area contributed by atoms with E-state index in [1.165, 1.54) is 109 Å². The Kier molecular flexibility index (Phi) is 9.54. The van der Waals surface area contributed by atoms with Gasteiger partial charge in [0.15, 0.2) is 0 Å². The molecule has 354 valence electrons. The molecule has 9 aromatic rings. The highest BCUT2D eigenvalue weighted by atomic mass is 15.2. The van der Waals surface area contributed by atoms with E-state index in [1.54, 1.807) is 16.7 Å². The Morgan fingerprint density at radius 2 is 1.14 bits per heavy atom. The lowest BCUT2D eigenvalue weighted by molar-refractivity contribution is 0.353. The molecule has 0 N–H and O–H groups in total. The summed E-state index contributed by atoms with van der Waals surface area (Å²) in [6, 6.07) is 69.5. The quantitative estimate of drug-likeness (QED) is 0.158. The van der Waals surface area contributed by atoms with E-state index >= 15 is 0 Å². The molecule has 72 heavy (non-hydrogen) atoms. The molecule has 0 radical (unpaired) electrons. The van der Waals surface area contributed by atoms with Crippen LogP contribution in [0.1, 0.15) is 113 Å². The van der Waals surface area contributed by atoms with Crippen LogP contribution in [0.25, 0.3) is 49.8 Å². The molecule has 0 saturated carbocycles. The van der Waals surface area contributed by atoms with Crippen LogP contribution in [0.3, 0.4) is 0 Å². The van der Waals surface area contributed by atoms with Crippen molar-refractivity contribution in [2.24, 2.45) is 5.92 Å². The highest BCUT2D eigenvalue weighted by Gasteiger charge is 2.46. The molecule has 2 atom stereocenters. The van der Waals surface area contributed by atoms with Crippen LogP contribution in [0.5, 0.6) is 0 Å². The van der Waals surface area contributed by atoms with E-state index in [0.29, 0.717) is 12.0 Å². The normalized spacial score (nSPS) is 19.6. The summed E-state index contributed by atoms with van der Waals surface area (Å²) in [6.45, 7) is 14.7. The second-order valence-electron chi connectivity index (χ2n) is 23.1. The van der Waals surface area contributed by atoms with Crippen LogP contribution >= 0.6 is 0 Å². The molecule has 14 rings (SSSR count). The van der Waals surface area contributed by atoms with Gasteiger partial charge in [0.1, 0.15) is 0 Å². The van der Waals surface area contributed by atoms with Gasteiger partial charge >= 0.3 is 0 Å². The molecule has 0 bridgehead atoms. The number of benzene rings is 8. The first-order valence-corrected chi connectivity index (χ1v) is 26.7. The van der Waals surface area contributed by atoms with Crippen molar-refractivity contribution in [3.05, 3.63) is 227 Å². The maximum Gasteiger partial charge on any atom is 0.0583 e. The number of anilines is 5. The van der Waals surface area contributed by atoms with Gasteiger partial charge in [-0.1, -0.05) is 156 Å². The standard InChI is InChI=1S/C69H63N3/c1-67(2)58-25-15-13-23-52(58)54-36-34-49(41-61(54)67)71(50-35-37-55-53-24-14-16-26-59(53)68(3,4)62(55)42-50)48-32-29-44(30-33-48)45-31-38-64-56(39-45)57-40-51(70(46-19-9-7-10-20-46)47-21-11-8-12-22-47)43-63-66(57)72(64)65-28-18-17-27-60(65)69(63,5)6/h7-13,15,17-23,25,27-33,35-40,42-43,49,61H,14,16,24,26,34,41H2,1-6H3. The van der Waals surface area contributed by atoms with Gasteiger partial charge in [-0.2, -0.15) is 0 Å². The molecule has 1 aromatic heterocycles. The number of aromatic nitrogens is 1. The largest absolute Gasteiger partial charge is 0.338 e. The first-order valence-electron chi connectivity index (χ1n) is 26.7. The first-order chi connectivity index (χ1) is 35.0. The molecular weight excluding hydrogens is 871 g/mol. The second-order valence-corrected chi connectivity index (χ2v) is 23.1. The average Bonchev–Trinajstić information content (AvgIpc) is 3.96. The van der Waals surface area contributed by atoms with Crippen molar-refractivity contribution >= 4 is 61.4 Å². The number of hydrogen-bond acceptors (Lipinski definition) is 2. The summed E-state index contributed by atoms with van der Waals surface area (Å²) in [4.78, 5) is 5.15. The zero-order chi connectivity index (χ0) is 48.7. The van der Waals surface area contributed by atoms with E-state index in [1.807, 2.05) is 0 Å². The highest BCUT2D eigenvalue weighted by molar-refractivity contribution is 6.14. The Labute approximate surface area is 425 Å². The van der Waals surface area contributed by atoms with Crippen molar-refractivity contribution in [2.75, 3.05) is 9.80 Å². The summed E-state index contributed by atoms with van der Waals surface area (Å²) in [6.07, 6.45) is 9.78. The number of hydrogen-bond donors (Lipinski definition) is 0. The third-order valence-corrected chi connectivity index (χ3v) is 18.3. The first kappa shape index (κ1) is 43.4. The van der Waals surface area contributed by atoms with Crippen molar-refractivity contribution in [3.63, 3.8) is 0 Å². The monoisotopic (exact) mass is 934 g/mol. The van der Waals surface area contributed by atoms with Crippen LogP contribution in [-0.4, -0.2) is 10.6 Å². The molecule has 2 heterocycles. The fourth-order valence-corrected chi connectivity index (χ4v) is 14.6. The van der Waals surface area contributed by atoms with Gasteiger partial charge in [0.25, 0.3) is 0 Å². The second kappa shape index (κ2) is 15.8. The zero-order valence-electron chi connectivity index (χ0n) is 42.6. The topological polar surface area (TPSA) is 11.4 Å². The van der Waals surface area contributed by atoms with Gasteiger partial charge in [0.2, 0.25) is 0 Å². The zero-order valence-corrected chi connectivity index (χ0v) is 42.6. The van der Waals surface area contributed by atoms with E-state index in [-0.39, 0.29) is 16.2 Å². The van der Waals surface area contributed by atoms with Gasteiger partial charge in [-0.05, 0) is 184 Å². The van der Waals surface area contributed by atoms with Crippen molar-refractivity contribution < 1.29 is 0 Å². The fraction of sp³-hybridized carbons (Fsp3) is 0.246. The van der Waals surface area contributed by atoms with Crippen molar-refractivity contribution in [1.82, 2.24) is 4.57 Å². The van der Waals surface area contributed by atoms with Crippen molar-refractivity contribution in [3.8, 4) is 16.8 Å². The molecule has 3 heteroatoms. The highest BCUT2D eigenvalue weighted by Crippen LogP contribution is 2.57. The molecule has 1 aliphatic heterocycles. The van der Waals surface area contributed by atoms with E-state index in [4.69, 9.17) is 0 Å². The Hall–Kier alpha value is -7.36. The van der Waals surface area contributed by atoms with Gasteiger partial charge in [-0.25, -0.2) is 0 Å². The number of fused-ring (bicyclic) bond motifs is 10. The lowest BCUT2D eigenvalue weighted by Crippen LogP contribution is -2.38. The molecule has 2 unspecified atom stereocenters. The molecule has 0 fully saturated rings. The maximum absolute atomic E-state index is 2.73. The van der Waals surface area contributed by atoms with Crippen LogP contribution in [0.2, 0.25) is 0 Å². The van der Waals surface area contributed by atoms with Gasteiger partial charge in [0, 0.05) is 56.1 Å². The summed E-state index contributed by atoms with van der Waals surface area (Å²) in [5.74, 6) is 0.464. The lowest BCUT2D eigenvalue weighted by atomic mass is 9.71. The van der Waals surface area contributed by atoms with E-state index in [2.05, 4.69) is 244 Å². The predicted octanol–water partition coefficient (Wildman–Crippen LogP) is 18.5. The van der Waals surface area contributed by atoms with Crippen LogP contribution in [0.15, 0.2) is 194 Å². The van der Waals surface area contributed by atoms with Crippen LogP contribution in [0, 0.1) is 5.92 Å². The molecule has 8 aromatic carbocycles. The Balaban J connectivity index is 0.903. The molecule has 3 nitrogen and oxygen atoms in total. The van der Waals surface area contributed by atoms with Crippen LogP contribution < -0.4 is 9.80 Å². The molecule has 5 aliphatic rings. The van der Waals surface area contributed by atoms with E-state index in [9.17, 15) is 0 Å². The minimum atomic E-state index is -0.226. The summed E-state index contributed by atoms with van der Waals surface area (Å²) in [7, 11) is 0. The van der Waals surface area contributed by atoms with Crippen LogP contribution in [-0.2, 0) is 16.2 Å². The maximum atomic E-state index is 2.73. The molecular formula is C69H63N3. The van der Waals surface area contributed by atoms with E-state index in [0.717, 1.165) is 29.9 Å². The molecule has 4 aliphatic carbocycles. The molecule has 0 saturated heterocycles. The number of allylic oxidation sites excluding steroid dienone is 3. The fourth-order valence-electron chi connectivity index (χ4n) is 14.6. The average molecular weight is 934 g/mol. The van der Waals surface area contributed by atoms with Crippen molar-refractivity contribution in [2.45, 2.75) is 102 Å². The minimum Gasteiger partial charge on any atom is -0.338 e. The number of rotatable bonds is 7. The third kappa shape index (κ3) is 6.28. The molecule has 0 spiro atoms. The Morgan fingerprint density at radius 1 is 0.486 bits per heavy atom. The molecule has 0 amide bonds. The van der Waals surface area contributed by atoms with Crippen LogP contribution in [0.4, 0.5) is 28.4 Å². The minimum absolute atomic E-state index is 0.0490. The number of nitrogens with zero attached hydrogens (tertiary/aromatic N) is 3. The summed E-state index contributed by atoms with van der Waals surface area (Å²) < 4.78 is 2.54. The SMILES string of the molecule is CC1(C)C2=C(CCCC2)c2ccc(N(c3ccc(-c4ccc5c(c4)c4cc(N(c6ccccc6)c6ccccc6)cc6c4n5-c4ccccc4C6(C)C)cc3)C3CC=C4c5ccccc5C(C)(C)C4C3)cc21. The smallest absolute Gasteiger partial charge is 0.0583 e. The summed E-state index contributed by atoms with van der Waals surface area (Å²) >= 11 is 0. The third-order valence-electron chi connectivity index (χ3n) is 18.3. The summed E-state index contributed by atoms with van der Waals surface area (Å²) in [5, 5.41) is 2.55. The van der Waals surface area contributed by atoms with Gasteiger partial charge in [-0.3, -0.25) is 0 Å². The van der Waals surface area contributed by atoms with Gasteiger partial charge in [0.05, 0.1) is 16.7 Å². The van der Waals surface area contributed by atoms with Crippen molar-refractivity contribution in [1.29, 1.82) is 0 Å². The van der Waals surface area contributed by atoms with Gasteiger partial charge < -0.3 is 14.4 Å². The Morgan fingerprint density at radius 3 is 1.90 bits per heavy atom. The predicted molar refractivity (Wildman–Crippen MR) is 304 cm³/mol. The van der Waals surface area contributed by atoms with Gasteiger partial charge in [-0.15, -0.1) is 0 Å². The van der Waals surface area contributed by atoms with E-state index < -0.39 is 0 Å². The Bertz CT molecular complexity index is 3690. The summed E-state index contributed by atoms with van der Waals surface area (Å²) in [5.41, 5.74) is 25.7. The number of para-hydroxylation sites is 3. The lowest BCUT2D eigenvalue weighted by Gasteiger charge is -2.41.